The van der Waals surface area contributed by atoms with E-state index in [1.807, 2.05) is 11.1 Å². The van der Waals surface area contributed by atoms with Crippen molar-refractivity contribution >= 4 is 22.8 Å². The Hall–Kier alpha value is -3.24. The standard InChI is InChI=1S/C27H33FN6O3/c1-17(35)32-6-8-33(9-7-32)18-11-19(12-18)34-14-23(25-26(29)30-16-31-27(25)34)22-13-20(4-5-24(22)28)37-15-21-3-2-10-36-21/h4-5,13-14,16,18-19,21H,2-3,6-12,15H2,1H3,(H2,29,30,31)/t18-,19-,21-/m0/s1. The first-order chi connectivity index (χ1) is 18.0. The number of hydrogen-bond acceptors (Lipinski definition) is 7. The molecule has 0 radical (unpaired) electrons. The molecule has 3 aliphatic rings. The van der Waals surface area contributed by atoms with E-state index in [1.54, 1.807) is 19.1 Å². The Balaban J connectivity index is 1.23. The second kappa shape index (κ2) is 9.90. The number of halogens is 1. The number of piperazine rings is 1. The van der Waals surface area contributed by atoms with Gasteiger partial charge in [-0.2, -0.15) is 0 Å². The summed E-state index contributed by atoms with van der Waals surface area (Å²) in [5.74, 6) is 0.724. The average Bonchev–Trinajstić information content (AvgIpc) is 3.52. The van der Waals surface area contributed by atoms with Crippen LogP contribution in [-0.2, 0) is 9.53 Å². The molecule has 2 saturated heterocycles. The number of carbonyl (C=O) groups is 1. The van der Waals surface area contributed by atoms with E-state index in [2.05, 4.69) is 19.4 Å². The second-order valence-electron chi connectivity index (χ2n) is 10.3. The molecule has 4 heterocycles. The number of carbonyl (C=O) groups excluding carboxylic acids is 1. The number of hydrogen-bond donors (Lipinski definition) is 1. The normalized spacial score (nSPS) is 24.4. The van der Waals surface area contributed by atoms with E-state index in [4.69, 9.17) is 15.2 Å². The highest BCUT2D eigenvalue weighted by molar-refractivity contribution is 6.01. The monoisotopic (exact) mass is 508 g/mol. The quantitative estimate of drug-likeness (QED) is 0.546. The molecule has 1 amide bonds. The summed E-state index contributed by atoms with van der Waals surface area (Å²) >= 11 is 0. The molecule has 1 aromatic carbocycles. The van der Waals surface area contributed by atoms with Gasteiger partial charge in [0.15, 0.2) is 0 Å². The average molecular weight is 509 g/mol. The molecule has 1 saturated carbocycles. The first-order valence-corrected chi connectivity index (χ1v) is 13.1. The lowest BCUT2D eigenvalue weighted by Crippen LogP contribution is -2.54. The minimum Gasteiger partial charge on any atom is -0.491 e. The number of fused-ring (bicyclic) bond motifs is 1. The number of ether oxygens (including phenoxy) is 2. The zero-order valence-corrected chi connectivity index (χ0v) is 21.1. The van der Waals surface area contributed by atoms with Gasteiger partial charge < -0.3 is 24.7 Å². The fourth-order valence-corrected chi connectivity index (χ4v) is 5.84. The van der Waals surface area contributed by atoms with Gasteiger partial charge in [-0.25, -0.2) is 14.4 Å². The summed E-state index contributed by atoms with van der Waals surface area (Å²) in [6.45, 7) is 6.19. The Labute approximate surface area is 215 Å². The number of nitrogen functional groups attached to an aromatic ring is 1. The fraction of sp³-hybridized carbons (Fsp3) is 0.519. The highest BCUT2D eigenvalue weighted by Gasteiger charge is 2.37. The van der Waals surface area contributed by atoms with Gasteiger partial charge in [-0.05, 0) is 43.9 Å². The third-order valence-corrected chi connectivity index (χ3v) is 8.08. The van der Waals surface area contributed by atoms with E-state index < -0.39 is 0 Å². The molecule has 0 bridgehead atoms. The van der Waals surface area contributed by atoms with Gasteiger partial charge in [0.2, 0.25) is 5.91 Å². The molecule has 0 spiro atoms. The zero-order valence-electron chi connectivity index (χ0n) is 21.1. The van der Waals surface area contributed by atoms with Crippen LogP contribution in [0.5, 0.6) is 5.75 Å². The molecule has 1 aliphatic carbocycles. The maximum Gasteiger partial charge on any atom is 0.219 e. The summed E-state index contributed by atoms with van der Waals surface area (Å²) in [7, 11) is 0. The van der Waals surface area contributed by atoms with Crippen LogP contribution >= 0.6 is 0 Å². The summed E-state index contributed by atoms with van der Waals surface area (Å²) in [4.78, 5) is 24.8. The van der Waals surface area contributed by atoms with E-state index in [0.29, 0.717) is 40.7 Å². The van der Waals surface area contributed by atoms with Gasteiger partial charge in [-0.1, -0.05) is 0 Å². The number of benzene rings is 1. The zero-order chi connectivity index (χ0) is 25.5. The highest BCUT2D eigenvalue weighted by atomic mass is 19.1. The smallest absolute Gasteiger partial charge is 0.219 e. The van der Waals surface area contributed by atoms with Gasteiger partial charge >= 0.3 is 0 Å². The molecule has 10 heteroatoms. The molecular weight excluding hydrogens is 475 g/mol. The number of rotatable bonds is 6. The van der Waals surface area contributed by atoms with Crippen LogP contribution in [0.2, 0.25) is 0 Å². The molecule has 2 aromatic heterocycles. The molecule has 1 atom stereocenters. The van der Waals surface area contributed by atoms with Crippen molar-refractivity contribution in [1.29, 1.82) is 0 Å². The lowest BCUT2D eigenvalue weighted by atomic mass is 9.85. The van der Waals surface area contributed by atoms with Gasteiger partial charge in [-0.15, -0.1) is 0 Å². The summed E-state index contributed by atoms with van der Waals surface area (Å²) < 4.78 is 28.9. The van der Waals surface area contributed by atoms with Crippen LogP contribution in [0.1, 0.15) is 38.6 Å². The lowest BCUT2D eigenvalue weighted by Gasteiger charge is -2.46. The van der Waals surface area contributed by atoms with Crippen LogP contribution in [0.15, 0.2) is 30.7 Å². The molecule has 2 aliphatic heterocycles. The molecule has 3 aromatic rings. The third kappa shape index (κ3) is 4.64. The van der Waals surface area contributed by atoms with Crippen molar-refractivity contribution in [2.75, 3.05) is 45.1 Å². The Kier molecular flexibility index (Phi) is 6.46. The Morgan fingerprint density at radius 2 is 1.97 bits per heavy atom. The summed E-state index contributed by atoms with van der Waals surface area (Å²) in [5, 5.41) is 0.663. The van der Waals surface area contributed by atoms with E-state index >= 15 is 4.39 Å². The number of amides is 1. The minimum atomic E-state index is -0.346. The van der Waals surface area contributed by atoms with Crippen LogP contribution in [0.3, 0.4) is 0 Å². The Morgan fingerprint density at radius 3 is 2.70 bits per heavy atom. The van der Waals surface area contributed by atoms with Crippen LogP contribution in [-0.4, -0.2) is 81.8 Å². The lowest BCUT2D eigenvalue weighted by molar-refractivity contribution is -0.131. The number of nitrogens with two attached hydrogens (primary N) is 1. The number of anilines is 1. The van der Waals surface area contributed by atoms with Gasteiger partial charge in [0.05, 0.1) is 11.5 Å². The van der Waals surface area contributed by atoms with Crippen molar-refractivity contribution < 1.29 is 18.7 Å². The molecule has 2 N–H and O–H groups in total. The highest BCUT2D eigenvalue weighted by Crippen LogP contribution is 2.42. The second-order valence-corrected chi connectivity index (χ2v) is 10.3. The molecular formula is C27H33FN6O3. The molecule has 3 fully saturated rings. The van der Waals surface area contributed by atoms with Gasteiger partial charge in [0.25, 0.3) is 0 Å². The Bertz CT molecular complexity index is 1290. The first-order valence-electron chi connectivity index (χ1n) is 13.1. The largest absolute Gasteiger partial charge is 0.491 e. The molecule has 9 nitrogen and oxygen atoms in total. The maximum atomic E-state index is 15.1. The van der Waals surface area contributed by atoms with Crippen molar-refractivity contribution in [3.63, 3.8) is 0 Å². The van der Waals surface area contributed by atoms with Crippen molar-refractivity contribution in [2.24, 2.45) is 0 Å². The molecule has 37 heavy (non-hydrogen) atoms. The van der Waals surface area contributed by atoms with E-state index in [9.17, 15) is 4.79 Å². The summed E-state index contributed by atoms with van der Waals surface area (Å²) in [6.07, 6.45) is 7.47. The van der Waals surface area contributed by atoms with Gasteiger partial charge in [0, 0.05) is 69.1 Å². The van der Waals surface area contributed by atoms with Crippen LogP contribution in [0, 0.1) is 5.82 Å². The molecule has 0 unspecified atom stereocenters. The van der Waals surface area contributed by atoms with Crippen molar-refractivity contribution in [2.45, 2.75) is 50.8 Å². The van der Waals surface area contributed by atoms with Crippen molar-refractivity contribution in [1.82, 2.24) is 24.3 Å². The van der Waals surface area contributed by atoms with Crippen molar-refractivity contribution in [3.8, 4) is 16.9 Å². The Morgan fingerprint density at radius 1 is 1.16 bits per heavy atom. The summed E-state index contributed by atoms with van der Waals surface area (Å²) in [6, 6.07) is 5.51. The molecule has 6 rings (SSSR count). The van der Waals surface area contributed by atoms with Crippen LogP contribution < -0.4 is 10.5 Å². The first kappa shape index (κ1) is 24.1. The van der Waals surface area contributed by atoms with Crippen LogP contribution in [0.25, 0.3) is 22.2 Å². The third-order valence-electron chi connectivity index (χ3n) is 8.08. The van der Waals surface area contributed by atoms with E-state index in [-0.39, 0.29) is 23.9 Å². The van der Waals surface area contributed by atoms with Gasteiger partial charge in [-0.3, -0.25) is 9.69 Å². The fourth-order valence-electron chi connectivity index (χ4n) is 5.84. The predicted octanol–water partition coefficient (Wildman–Crippen LogP) is 3.25. The van der Waals surface area contributed by atoms with E-state index in [1.165, 1.54) is 12.4 Å². The molecule has 196 valence electrons. The van der Waals surface area contributed by atoms with Crippen molar-refractivity contribution in [3.05, 3.63) is 36.5 Å². The number of nitrogens with zero attached hydrogens (tertiary/aromatic N) is 5. The van der Waals surface area contributed by atoms with Gasteiger partial charge in [0.1, 0.15) is 36.0 Å². The summed E-state index contributed by atoms with van der Waals surface area (Å²) in [5.41, 5.74) is 8.12. The maximum absolute atomic E-state index is 15.1. The number of aromatic nitrogens is 3. The van der Waals surface area contributed by atoms with E-state index in [0.717, 1.165) is 64.1 Å². The van der Waals surface area contributed by atoms with Crippen LogP contribution in [0.4, 0.5) is 10.2 Å². The minimum absolute atomic E-state index is 0.0801. The topological polar surface area (TPSA) is 98.7 Å². The SMILES string of the molecule is CC(=O)N1CCN([C@H]2C[C@H](n3cc(-c4cc(OC[C@@H]5CCCO5)ccc4F)c4c(N)ncnc43)C2)CC1. The predicted molar refractivity (Wildman–Crippen MR) is 138 cm³/mol.